The highest BCUT2D eigenvalue weighted by molar-refractivity contribution is 5.97. The van der Waals surface area contributed by atoms with E-state index in [2.05, 4.69) is 10.3 Å². The number of ketones is 1. The SMILES string of the molecule is CC(NC(=O)CCC(=O)c1ccccc1)c1ccncc1. The fourth-order valence-electron chi connectivity index (χ4n) is 2.04. The van der Waals surface area contributed by atoms with E-state index < -0.39 is 0 Å². The molecule has 0 radical (unpaired) electrons. The summed E-state index contributed by atoms with van der Waals surface area (Å²) in [5.74, 6) is -0.133. The van der Waals surface area contributed by atoms with E-state index in [9.17, 15) is 9.59 Å². The van der Waals surface area contributed by atoms with Gasteiger partial charge in [-0.15, -0.1) is 0 Å². The van der Waals surface area contributed by atoms with Gasteiger partial charge in [0, 0.05) is 30.8 Å². The maximum atomic E-state index is 11.9. The quantitative estimate of drug-likeness (QED) is 0.829. The van der Waals surface area contributed by atoms with Crippen LogP contribution in [-0.4, -0.2) is 16.7 Å². The van der Waals surface area contributed by atoms with Crippen LogP contribution in [0.15, 0.2) is 54.9 Å². The molecule has 0 saturated heterocycles. The molecular formula is C17H18N2O2. The van der Waals surface area contributed by atoms with Crippen LogP contribution in [0.4, 0.5) is 0 Å². The van der Waals surface area contributed by atoms with E-state index in [1.807, 2.05) is 37.3 Å². The molecule has 0 spiro atoms. The predicted octanol–water partition coefficient (Wildman–Crippen LogP) is 2.92. The third kappa shape index (κ3) is 4.53. The van der Waals surface area contributed by atoms with Crippen LogP contribution in [0.5, 0.6) is 0 Å². The Kier molecular flexibility index (Phi) is 5.21. The van der Waals surface area contributed by atoms with Crippen molar-refractivity contribution >= 4 is 11.7 Å². The molecule has 1 amide bonds. The number of carbonyl (C=O) groups is 2. The van der Waals surface area contributed by atoms with Crippen LogP contribution in [0.2, 0.25) is 0 Å². The lowest BCUT2D eigenvalue weighted by atomic mass is 10.1. The van der Waals surface area contributed by atoms with E-state index >= 15 is 0 Å². The van der Waals surface area contributed by atoms with E-state index in [0.29, 0.717) is 5.56 Å². The average Bonchev–Trinajstić information content (AvgIpc) is 2.54. The largest absolute Gasteiger partial charge is 0.350 e. The second-order valence-electron chi connectivity index (χ2n) is 4.86. The molecule has 0 aliphatic heterocycles. The van der Waals surface area contributed by atoms with E-state index in [1.54, 1.807) is 24.5 Å². The number of benzene rings is 1. The van der Waals surface area contributed by atoms with Crippen LogP contribution < -0.4 is 5.32 Å². The zero-order chi connectivity index (χ0) is 15.1. The lowest BCUT2D eigenvalue weighted by Gasteiger charge is -2.13. The summed E-state index contributed by atoms with van der Waals surface area (Å²) in [5, 5.41) is 2.88. The zero-order valence-electron chi connectivity index (χ0n) is 12.0. The molecule has 1 N–H and O–H groups in total. The highest BCUT2D eigenvalue weighted by Crippen LogP contribution is 2.11. The Hall–Kier alpha value is -2.49. The van der Waals surface area contributed by atoms with Crippen molar-refractivity contribution in [2.45, 2.75) is 25.8 Å². The first-order valence-electron chi connectivity index (χ1n) is 6.94. The summed E-state index contributed by atoms with van der Waals surface area (Å²) in [6.07, 6.45) is 3.80. The lowest BCUT2D eigenvalue weighted by molar-refractivity contribution is -0.121. The van der Waals surface area contributed by atoms with E-state index in [0.717, 1.165) is 5.56 Å². The summed E-state index contributed by atoms with van der Waals surface area (Å²) >= 11 is 0. The Labute approximate surface area is 124 Å². The average molecular weight is 282 g/mol. The van der Waals surface area contributed by atoms with Gasteiger partial charge in [0.15, 0.2) is 5.78 Å². The zero-order valence-corrected chi connectivity index (χ0v) is 12.0. The number of rotatable bonds is 6. The van der Waals surface area contributed by atoms with Gasteiger partial charge in [-0.3, -0.25) is 14.6 Å². The van der Waals surface area contributed by atoms with Crippen molar-refractivity contribution in [3.8, 4) is 0 Å². The Morgan fingerprint density at radius 1 is 1.05 bits per heavy atom. The highest BCUT2D eigenvalue weighted by atomic mass is 16.2. The molecular weight excluding hydrogens is 264 g/mol. The summed E-state index contributed by atoms with van der Waals surface area (Å²) in [7, 11) is 0. The van der Waals surface area contributed by atoms with E-state index in [1.165, 1.54) is 0 Å². The molecule has 0 bridgehead atoms. The normalized spacial score (nSPS) is 11.7. The van der Waals surface area contributed by atoms with Crippen molar-refractivity contribution in [2.24, 2.45) is 0 Å². The number of hydrogen-bond donors (Lipinski definition) is 1. The highest BCUT2D eigenvalue weighted by Gasteiger charge is 2.12. The Balaban J connectivity index is 1.81. The minimum Gasteiger partial charge on any atom is -0.350 e. The van der Waals surface area contributed by atoms with Gasteiger partial charge in [-0.25, -0.2) is 0 Å². The smallest absolute Gasteiger partial charge is 0.220 e. The van der Waals surface area contributed by atoms with Gasteiger partial charge >= 0.3 is 0 Å². The maximum Gasteiger partial charge on any atom is 0.220 e. The molecule has 1 atom stereocenters. The molecule has 1 unspecified atom stereocenters. The number of hydrogen-bond acceptors (Lipinski definition) is 3. The molecule has 1 aromatic carbocycles. The second kappa shape index (κ2) is 7.33. The molecule has 4 heteroatoms. The molecule has 0 saturated carbocycles. The van der Waals surface area contributed by atoms with Gasteiger partial charge in [-0.05, 0) is 24.6 Å². The van der Waals surface area contributed by atoms with Gasteiger partial charge in [0.1, 0.15) is 0 Å². The minimum absolute atomic E-state index is 0.0117. The fraction of sp³-hybridized carbons (Fsp3) is 0.235. The van der Waals surface area contributed by atoms with Crippen LogP contribution in [-0.2, 0) is 4.79 Å². The summed E-state index contributed by atoms with van der Waals surface area (Å²) < 4.78 is 0. The number of pyridine rings is 1. The summed E-state index contributed by atoms with van der Waals surface area (Å²) in [6, 6.07) is 12.7. The van der Waals surface area contributed by atoms with Crippen molar-refractivity contribution in [3.63, 3.8) is 0 Å². The first kappa shape index (κ1) is 14.9. The molecule has 1 heterocycles. The van der Waals surface area contributed by atoms with Crippen LogP contribution in [0.25, 0.3) is 0 Å². The number of nitrogens with one attached hydrogen (secondary N) is 1. The minimum atomic E-state index is -0.122. The second-order valence-corrected chi connectivity index (χ2v) is 4.86. The monoisotopic (exact) mass is 282 g/mol. The van der Waals surface area contributed by atoms with Gasteiger partial charge < -0.3 is 5.32 Å². The third-order valence-electron chi connectivity index (χ3n) is 3.26. The Morgan fingerprint density at radius 2 is 1.71 bits per heavy atom. The summed E-state index contributed by atoms with van der Waals surface area (Å²) in [6.45, 7) is 1.91. The van der Waals surface area contributed by atoms with Crippen molar-refractivity contribution < 1.29 is 9.59 Å². The van der Waals surface area contributed by atoms with Crippen LogP contribution in [0.1, 0.15) is 41.7 Å². The number of Topliss-reactive ketones (excluding diaryl/α,β-unsaturated/α-hetero) is 1. The first-order chi connectivity index (χ1) is 10.2. The van der Waals surface area contributed by atoms with Crippen molar-refractivity contribution in [1.82, 2.24) is 10.3 Å². The molecule has 2 aromatic rings. The molecule has 1 aromatic heterocycles. The van der Waals surface area contributed by atoms with Gasteiger partial charge in [0.05, 0.1) is 6.04 Å². The van der Waals surface area contributed by atoms with E-state index in [-0.39, 0.29) is 30.6 Å². The van der Waals surface area contributed by atoms with Crippen LogP contribution in [0.3, 0.4) is 0 Å². The number of carbonyl (C=O) groups excluding carboxylic acids is 2. The maximum absolute atomic E-state index is 11.9. The summed E-state index contributed by atoms with van der Waals surface area (Å²) in [4.78, 5) is 27.7. The van der Waals surface area contributed by atoms with E-state index in [4.69, 9.17) is 0 Å². The van der Waals surface area contributed by atoms with Crippen LogP contribution >= 0.6 is 0 Å². The predicted molar refractivity (Wildman–Crippen MR) is 80.8 cm³/mol. The van der Waals surface area contributed by atoms with Gasteiger partial charge in [0.2, 0.25) is 5.91 Å². The molecule has 4 nitrogen and oxygen atoms in total. The summed E-state index contributed by atoms with van der Waals surface area (Å²) in [5.41, 5.74) is 1.64. The molecule has 2 rings (SSSR count). The number of amides is 1. The number of nitrogens with zero attached hydrogens (tertiary/aromatic N) is 1. The van der Waals surface area contributed by atoms with Crippen LogP contribution in [0, 0.1) is 0 Å². The molecule has 0 aliphatic carbocycles. The third-order valence-corrected chi connectivity index (χ3v) is 3.26. The Bertz CT molecular complexity index is 597. The first-order valence-corrected chi connectivity index (χ1v) is 6.94. The topological polar surface area (TPSA) is 59.1 Å². The van der Waals surface area contributed by atoms with Crippen molar-refractivity contribution in [2.75, 3.05) is 0 Å². The van der Waals surface area contributed by atoms with Crippen molar-refractivity contribution in [3.05, 3.63) is 66.0 Å². The Morgan fingerprint density at radius 3 is 2.38 bits per heavy atom. The van der Waals surface area contributed by atoms with Gasteiger partial charge in [-0.1, -0.05) is 30.3 Å². The van der Waals surface area contributed by atoms with Gasteiger partial charge in [-0.2, -0.15) is 0 Å². The molecule has 21 heavy (non-hydrogen) atoms. The molecule has 108 valence electrons. The molecule has 0 aliphatic rings. The fourth-order valence-corrected chi connectivity index (χ4v) is 2.04. The lowest BCUT2D eigenvalue weighted by Crippen LogP contribution is -2.26. The van der Waals surface area contributed by atoms with Crippen molar-refractivity contribution in [1.29, 1.82) is 0 Å². The van der Waals surface area contributed by atoms with Gasteiger partial charge in [0.25, 0.3) is 0 Å². The molecule has 0 fully saturated rings. The standard InChI is InChI=1S/C17H18N2O2/c1-13(14-9-11-18-12-10-14)19-17(21)8-7-16(20)15-5-3-2-4-6-15/h2-6,9-13H,7-8H2,1H3,(H,19,21). The number of aromatic nitrogens is 1.